The van der Waals surface area contributed by atoms with E-state index in [1.807, 2.05) is 35.2 Å². The molecule has 2 rings (SSSR count). The first kappa shape index (κ1) is 14.0. The molecule has 0 bridgehead atoms. The van der Waals surface area contributed by atoms with Crippen LogP contribution < -0.4 is 5.73 Å². The van der Waals surface area contributed by atoms with E-state index in [1.54, 1.807) is 0 Å². The normalized spacial score (nSPS) is 21.2. The second-order valence-corrected chi connectivity index (χ2v) is 5.88. The maximum atomic E-state index is 12.5. The van der Waals surface area contributed by atoms with Gasteiger partial charge in [0.1, 0.15) is 6.04 Å². The Balaban J connectivity index is 2.08. The van der Waals surface area contributed by atoms with Crippen LogP contribution in [0, 0.1) is 0 Å². The molecule has 1 fully saturated rings. The van der Waals surface area contributed by atoms with Crippen LogP contribution in [0.3, 0.4) is 0 Å². The SMILES string of the molecule is CN1CCN(C(=O)C(N)c2ccccc2)CC1(C)C. The lowest BCUT2D eigenvalue weighted by atomic mass is 9.98. The van der Waals surface area contributed by atoms with Gasteiger partial charge in [-0.15, -0.1) is 0 Å². The third-order valence-electron chi connectivity index (χ3n) is 4.05. The lowest BCUT2D eigenvalue weighted by molar-refractivity contribution is -0.137. The maximum absolute atomic E-state index is 12.5. The van der Waals surface area contributed by atoms with Gasteiger partial charge in [-0.2, -0.15) is 0 Å². The van der Waals surface area contributed by atoms with E-state index in [4.69, 9.17) is 5.73 Å². The quantitative estimate of drug-likeness (QED) is 0.871. The number of nitrogens with two attached hydrogens (primary N) is 1. The number of likely N-dealkylation sites (N-methyl/N-ethyl adjacent to an activating group) is 1. The van der Waals surface area contributed by atoms with E-state index in [0.717, 1.165) is 25.2 Å². The van der Waals surface area contributed by atoms with Gasteiger partial charge in [-0.3, -0.25) is 9.69 Å². The second-order valence-electron chi connectivity index (χ2n) is 5.88. The molecule has 1 unspecified atom stereocenters. The van der Waals surface area contributed by atoms with Crippen LogP contribution in [0.1, 0.15) is 25.5 Å². The molecule has 1 amide bonds. The number of amides is 1. The molecule has 19 heavy (non-hydrogen) atoms. The second kappa shape index (κ2) is 5.31. The van der Waals surface area contributed by atoms with Gasteiger partial charge in [-0.25, -0.2) is 0 Å². The predicted octanol–water partition coefficient (Wildman–Crippen LogP) is 1.24. The van der Waals surface area contributed by atoms with Crippen LogP contribution in [0.25, 0.3) is 0 Å². The summed E-state index contributed by atoms with van der Waals surface area (Å²) in [5.41, 5.74) is 6.97. The fourth-order valence-corrected chi connectivity index (χ4v) is 2.43. The smallest absolute Gasteiger partial charge is 0.244 e. The Morgan fingerprint density at radius 2 is 1.89 bits per heavy atom. The van der Waals surface area contributed by atoms with Gasteiger partial charge in [-0.1, -0.05) is 30.3 Å². The first-order valence-corrected chi connectivity index (χ1v) is 6.72. The molecule has 1 atom stereocenters. The Labute approximate surface area is 115 Å². The first-order valence-electron chi connectivity index (χ1n) is 6.72. The summed E-state index contributed by atoms with van der Waals surface area (Å²) in [6.45, 7) is 6.67. The van der Waals surface area contributed by atoms with Gasteiger partial charge < -0.3 is 10.6 Å². The summed E-state index contributed by atoms with van der Waals surface area (Å²) in [4.78, 5) is 16.6. The van der Waals surface area contributed by atoms with Gasteiger partial charge in [0.15, 0.2) is 0 Å². The average Bonchev–Trinajstić information content (AvgIpc) is 2.41. The van der Waals surface area contributed by atoms with Crippen LogP contribution >= 0.6 is 0 Å². The highest BCUT2D eigenvalue weighted by Crippen LogP contribution is 2.21. The molecule has 0 radical (unpaired) electrons. The van der Waals surface area contributed by atoms with Crippen molar-refractivity contribution in [1.82, 2.24) is 9.80 Å². The van der Waals surface area contributed by atoms with Crippen LogP contribution in [-0.2, 0) is 4.79 Å². The van der Waals surface area contributed by atoms with Crippen molar-refractivity contribution in [2.45, 2.75) is 25.4 Å². The third kappa shape index (κ3) is 2.96. The molecule has 1 aliphatic rings. The van der Waals surface area contributed by atoms with Crippen LogP contribution in [0.5, 0.6) is 0 Å². The molecule has 0 spiro atoms. The summed E-state index contributed by atoms with van der Waals surface area (Å²) in [5.74, 6) is 0.0207. The Morgan fingerprint density at radius 1 is 1.26 bits per heavy atom. The molecule has 1 aromatic carbocycles. The molecule has 4 nitrogen and oxygen atoms in total. The highest BCUT2D eigenvalue weighted by molar-refractivity contribution is 5.83. The summed E-state index contributed by atoms with van der Waals surface area (Å²) >= 11 is 0. The first-order chi connectivity index (χ1) is 8.92. The number of piperazine rings is 1. The molecule has 0 aromatic heterocycles. The highest BCUT2D eigenvalue weighted by atomic mass is 16.2. The van der Waals surface area contributed by atoms with Crippen molar-refractivity contribution < 1.29 is 4.79 Å². The van der Waals surface area contributed by atoms with Crippen molar-refractivity contribution >= 4 is 5.91 Å². The van der Waals surface area contributed by atoms with E-state index in [1.165, 1.54) is 0 Å². The summed E-state index contributed by atoms with van der Waals surface area (Å²) in [6.07, 6.45) is 0. The van der Waals surface area contributed by atoms with Crippen LogP contribution in [-0.4, -0.2) is 47.9 Å². The zero-order valence-corrected chi connectivity index (χ0v) is 12.0. The molecule has 0 saturated carbocycles. The lowest BCUT2D eigenvalue weighted by Gasteiger charge is -2.45. The van der Waals surface area contributed by atoms with Crippen molar-refractivity contribution in [3.05, 3.63) is 35.9 Å². The Kier molecular flexibility index (Phi) is 3.92. The molecule has 4 heteroatoms. The maximum Gasteiger partial charge on any atom is 0.244 e. The molecule has 1 aliphatic heterocycles. The number of hydrogen-bond acceptors (Lipinski definition) is 3. The molecule has 1 aromatic rings. The van der Waals surface area contributed by atoms with Gasteiger partial charge in [0, 0.05) is 25.2 Å². The number of hydrogen-bond donors (Lipinski definition) is 1. The van der Waals surface area contributed by atoms with E-state index < -0.39 is 6.04 Å². The largest absolute Gasteiger partial charge is 0.338 e. The summed E-state index contributed by atoms with van der Waals surface area (Å²) in [6, 6.07) is 9.01. The molecule has 1 heterocycles. The molecular formula is C15H23N3O. The van der Waals surface area contributed by atoms with Crippen molar-refractivity contribution in [2.24, 2.45) is 5.73 Å². The van der Waals surface area contributed by atoms with Gasteiger partial charge in [0.25, 0.3) is 0 Å². The van der Waals surface area contributed by atoms with Gasteiger partial charge in [-0.05, 0) is 26.5 Å². The summed E-state index contributed by atoms with van der Waals surface area (Å²) in [5, 5.41) is 0. The Morgan fingerprint density at radius 3 is 2.47 bits per heavy atom. The monoisotopic (exact) mass is 261 g/mol. The van der Waals surface area contributed by atoms with Crippen molar-refractivity contribution in [3.8, 4) is 0 Å². The number of nitrogens with zero attached hydrogens (tertiary/aromatic N) is 2. The number of rotatable bonds is 2. The van der Waals surface area contributed by atoms with Crippen molar-refractivity contribution in [3.63, 3.8) is 0 Å². The van der Waals surface area contributed by atoms with Crippen LogP contribution in [0.4, 0.5) is 0 Å². The fraction of sp³-hybridized carbons (Fsp3) is 0.533. The average molecular weight is 261 g/mol. The van der Waals surface area contributed by atoms with Crippen LogP contribution in [0.2, 0.25) is 0 Å². The molecular weight excluding hydrogens is 238 g/mol. The third-order valence-corrected chi connectivity index (χ3v) is 4.05. The topological polar surface area (TPSA) is 49.6 Å². The molecule has 0 aliphatic carbocycles. The predicted molar refractivity (Wildman–Crippen MR) is 76.7 cm³/mol. The number of carbonyl (C=O) groups is 1. The van der Waals surface area contributed by atoms with Gasteiger partial charge in [0.2, 0.25) is 5.91 Å². The Bertz CT molecular complexity index is 444. The summed E-state index contributed by atoms with van der Waals surface area (Å²) < 4.78 is 0. The number of carbonyl (C=O) groups excluding carboxylic acids is 1. The number of benzene rings is 1. The minimum absolute atomic E-state index is 0.00428. The Hall–Kier alpha value is -1.39. The fourth-order valence-electron chi connectivity index (χ4n) is 2.43. The van der Waals surface area contributed by atoms with Crippen molar-refractivity contribution in [1.29, 1.82) is 0 Å². The van der Waals surface area contributed by atoms with E-state index in [0.29, 0.717) is 0 Å². The van der Waals surface area contributed by atoms with Gasteiger partial charge in [0.05, 0.1) is 0 Å². The van der Waals surface area contributed by atoms with E-state index in [-0.39, 0.29) is 11.4 Å². The van der Waals surface area contributed by atoms with E-state index >= 15 is 0 Å². The lowest BCUT2D eigenvalue weighted by Crippen LogP contribution is -2.60. The highest BCUT2D eigenvalue weighted by Gasteiger charge is 2.34. The van der Waals surface area contributed by atoms with Gasteiger partial charge >= 0.3 is 0 Å². The molecule has 104 valence electrons. The zero-order chi connectivity index (χ0) is 14.0. The van der Waals surface area contributed by atoms with E-state index in [9.17, 15) is 4.79 Å². The minimum Gasteiger partial charge on any atom is -0.338 e. The molecule has 1 saturated heterocycles. The summed E-state index contributed by atoms with van der Waals surface area (Å²) in [7, 11) is 2.10. The standard InChI is InChI=1S/C15H23N3O/c1-15(2)11-18(10-9-17(15)3)14(19)13(16)12-7-5-4-6-8-12/h4-8,13H,9-11,16H2,1-3H3. The minimum atomic E-state index is -0.555. The van der Waals surface area contributed by atoms with E-state index in [2.05, 4.69) is 25.8 Å². The zero-order valence-electron chi connectivity index (χ0n) is 12.0. The molecule has 2 N–H and O–H groups in total. The van der Waals surface area contributed by atoms with Crippen LogP contribution in [0.15, 0.2) is 30.3 Å². The van der Waals surface area contributed by atoms with Crippen molar-refractivity contribution in [2.75, 3.05) is 26.7 Å².